The first-order chi connectivity index (χ1) is 10.5. The molecule has 0 radical (unpaired) electrons. The van der Waals surface area contributed by atoms with Crippen LogP contribution in [0.1, 0.15) is 16.7 Å². The molecule has 1 atom stereocenters. The van der Waals surface area contributed by atoms with Crippen LogP contribution in [-0.4, -0.2) is 24.3 Å². The predicted molar refractivity (Wildman–Crippen MR) is 84.7 cm³/mol. The van der Waals surface area contributed by atoms with Crippen molar-refractivity contribution in [2.45, 2.75) is 26.4 Å². The molecule has 0 spiro atoms. The molecule has 0 aliphatic carbocycles. The summed E-state index contributed by atoms with van der Waals surface area (Å²) in [5, 5.41) is 9.39. The van der Waals surface area contributed by atoms with Gasteiger partial charge in [-0.15, -0.1) is 0 Å². The van der Waals surface area contributed by atoms with E-state index < -0.39 is 12.1 Å². The highest BCUT2D eigenvalue weighted by Gasteiger charge is 2.20. The molecule has 0 heterocycles. The number of hydrogen-bond donors (Lipinski definition) is 1. The predicted octanol–water partition coefficient (Wildman–Crippen LogP) is 3.39. The molecule has 2 aromatic carbocycles. The topological polar surface area (TPSA) is 55.8 Å². The lowest BCUT2D eigenvalue weighted by atomic mass is 10.0. The highest BCUT2D eigenvalue weighted by atomic mass is 16.5. The van der Waals surface area contributed by atoms with Crippen LogP contribution in [0.5, 0.6) is 11.5 Å². The Labute approximate surface area is 130 Å². The zero-order valence-electron chi connectivity index (χ0n) is 13.0. The maximum Gasteiger partial charge on any atom is 0.345 e. The third-order valence-corrected chi connectivity index (χ3v) is 3.32. The average molecular weight is 300 g/mol. The maximum absolute atomic E-state index is 11.5. The monoisotopic (exact) mass is 300 g/mol. The molecule has 0 amide bonds. The van der Waals surface area contributed by atoms with Gasteiger partial charge in [0.1, 0.15) is 11.5 Å². The second kappa shape index (κ2) is 6.98. The van der Waals surface area contributed by atoms with Gasteiger partial charge in [-0.1, -0.05) is 29.3 Å². The first-order valence-electron chi connectivity index (χ1n) is 7.08. The number of aryl methyl sites for hydroxylation is 2. The SMILES string of the molecule is COc1ccc(OC(Cc2cc(C)cc(C)c2)C(=O)O)cc1. The van der Waals surface area contributed by atoms with E-state index in [0.717, 1.165) is 16.7 Å². The van der Waals surface area contributed by atoms with Gasteiger partial charge in [0, 0.05) is 6.42 Å². The van der Waals surface area contributed by atoms with Gasteiger partial charge in [0.25, 0.3) is 0 Å². The quantitative estimate of drug-likeness (QED) is 0.888. The molecule has 0 bridgehead atoms. The Morgan fingerprint density at radius 3 is 2.09 bits per heavy atom. The van der Waals surface area contributed by atoms with Crippen molar-refractivity contribution in [1.82, 2.24) is 0 Å². The summed E-state index contributed by atoms with van der Waals surface area (Å²) < 4.78 is 10.7. The Balaban J connectivity index is 2.13. The molecule has 116 valence electrons. The van der Waals surface area contributed by atoms with Crippen molar-refractivity contribution in [1.29, 1.82) is 0 Å². The van der Waals surface area contributed by atoms with Crippen LogP contribution in [0.25, 0.3) is 0 Å². The summed E-state index contributed by atoms with van der Waals surface area (Å²) in [5.41, 5.74) is 3.19. The van der Waals surface area contributed by atoms with Crippen LogP contribution in [0.15, 0.2) is 42.5 Å². The molecule has 0 aliphatic heterocycles. The van der Waals surface area contributed by atoms with Crippen LogP contribution in [0.2, 0.25) is 0 Å². The minimum absolute atomic E-state index is 0.323. The van der Waals surface area contributed by atoms with E-state index in [2.05, 4.69) is 6.07 Å². The fraction of sp³-hybridized carbons (Fsp3) is 0.278. The van der Waals surface area contributed by atoms with Gasteiger partial charge >= 0.3 is 5.97 Å². The smallest absolute Gasteiger partial charge is 0.345 e. The third-order valence-electron chi connectivity index (χ3n) is 3.32. The number of rotatable bonds is 6. The Morgan fingerprint density at radius 2 is 1.59 bits per heavy atom. The summed E-state index contributed by atoms with van der Waals surface area (Å²) >= 11 is 0. The molecule has 4 heteroatoms. The third kappa shape index (κ3) is 4.25. The summed E-state index contributed by atoms with van der Waals surface area (Å²) in [5.74, 6) is 0.237. The molecule has 0 fully saturated rings. The number of ether oxygens (including phenoxy) is 2. The van der Waals surface area contributed by atoms with Crippen molar-refractivity contribution in [3.8, 4) is 11.5 Å². The number of benzene rings is 2. The van der Waals surface area contributed by atoms with Gasteiger partial charge in [-0.05, 0) is 43.7 Å². The second-order valence-electron chi connectivity index (χ2n) is 5.32. The minimum atomic E-state index is -0.977. The van der Waals surface area contributed by atoms with Crippen molar-refractivity contribution in [2.75, 3.05) is 7.11 Å². The van der Waals surface area contributed by atoms with Crippen molar-refractivity contribution in [2.24, 2.45) is 0 Å². The van der Waals surface area contributed by atoms with Crippen LogP contribution < -0.4 is 9.47 Å². The Morgan fingerprint density at radius 1 is 1.05 bits per heavy atom. The van der Waals surface area contributed by atoms with Crippen LogP contribution >= 0.6 is 0 Å². The highest BCUT2D eigenvalue weighted by Crippen LogP contribution is 2.20. The molecule has 4 nitrogen and oxygen atoms in total. The minimum Gasteiger partial charge on any atom is -0.497 e. The van der Waals surface area contributed by atoms with Gasteiger partial charge in [0.2, 0.25) is 0 Å². The van der Waals surface area contributed by atoms with Crippen molar-refractivity contribution < 1.29 is 19.4 Å². The maximum atomic E-state index is 11.5. The van der Waals surface area contributed by atoms with Gasteiger partial charge < -0.3 is 14.6 Å². The number of carbonyl (C=O) groups is 1. The molecule has 22 heavy (non-hydrogen) atoms. The van der Waals surface area contributed by atoms with Gasteiger partial charge in [-0.2, -0.15) is 0 Å². The van der Waals surface area contributed by atoms with Gasteiger partial charge in [0.05, 0.1) is 7.11 Å². The number of methoxy groups -OCH3 is 1. The average Bonchev–Trinajstić information content (AvgIpc) is 2.46. The lowest BCUT2D eigenvalue weighted by molar-refractivity contribution is -0.145. The van der Waals surface area contributed by atoms with E-state index in [1.54, 1.807) is 31.4 Å². The lowest BCUT2D eigenvalue weighted by Crippen LogP contribution is -2.29. The molecule has 0 aromatic heterocycles. The number of carboxylic acids is 1. The van der Waals surface area contributed by atoms with E-state index in [1.807, 2.05) is 26.0 Å². The Kier molecular flexibility index (Phi) is 5.04. The molecule has 1 N–H and O–H groups in total. The molecule has 2 rings (SSSR count). The lowest BCUT2D eigenvalue weighted by Gasteiger charge is -2.16. The summed E-state index contributed by atoms with van der Waals surface area (Å²) in [6.07, 6.45) is -0.598. The van der Waals surface area contributed by atoms with E-state index in [1.165, 1.54) is 0 Å². The van der Waals surface area contributed by atoms with E-state index in [-0.39, 0.29) is 0 Å². The Bertz CT molecular complexity index is 626. The first kappa shape index (κ1) is 15.9. The largest absolute Gasteiger partial charge is 0.497 e. The van der Waals surface area contributed by atoms with E-state index in [0.29, 0.717) is 17.9 Å². The van der Waals surface area contributed by atoms with Crippen LogP contribution in [-0.2, 0) is 11.2 Å². The summed E-state index contributed by atoms with van der Waals surface area (Å²) in [7, 11) is 1.58. The molecule has 2 aromatic rings. The molecule has 0 aliphatic rings. The number of aliphatic carboxylic acids is 1. The summed E-state index contributed by atoms with van der Waals surface area (Å²) in [6.45, 7) is 3.99. The van der Waals surface area contributed by atoms with Crippen molar-refractivity contribution >= 4 is 5.97 Å². The fourth-order valence-electron chi connectivity index (χ4n) is 2.40. The van der Waals surface area contributed by atoms with E-state index >= 15 is 0 Å². The van der Waals surface area contributed by atoms with Crippen LogP contribution in [0.4, 0.5) is 0 Å². The number of carboxylic acid groups (broad SMARTS) is 1. The normalized spacial score (nSPS) is 11.8. The van der Waals surface area contributed by atoms with E-state index in [4.69, 9.17) is 9.47 Å². The zero-order chi connectivity index (χ0) is 16.1. The summed E-state index contributed by atoms with van der Waals surface area (Å²) in [6, 6.07) is 12.9. The molecule has 0 saturated heterocycles. The van der Waals surface area contributed by atoms with Crippen LogP contribution in [0, 0.1) is 13.8 Å². The van der Waals surface area contributed by atoms with Crippen LogP contribution in [0.3, 0.4) is 0 Å². The summed E-state index contributed by atoms with van der Waals surface area (Å²) in [4.78, 5) is 11.5. The Hall–Kier alpha value is -2.49. The number of hydrogen-bond acceptors (Lipinski definition) is 3. The van der Waals surface area contributed by atoms with Gasteiger partial charge in [-0.3, -0.25) is 0 Å². The first-order valence-corrected chi connectivity index (χ1v) is 7.08. The van der Waals surface area contributed by atoms with Crippen molar-refractivity contribution in [3.05, 3.63) is 59.2 Å². The second-order valence-corrected chi connectivity index (χ2v) is 5.32. The highest BCUT2D eigenvalue weighted by molar-refractivity contribution is 5.73. The zero-order valence-corrected chi connectivity index (χ0v) is 13.0. The molecular weight excluding hydrogens is 280 g/mol. The molecular formula is C18H20O4. The molecule has 0 saturated carbocycles. The van der Waals surface area contributed by atoms with Crippen molar-refractivity contribution in [3.63, 3.8) is 0 Å². The molecule has 1 unspecified atom stereocenters. The van der Waals surface area contributed by atoms with Gasteiger partial charge in [-0.25, -0.2) is 4.79 Å². The van der Waals surface area contributed by atoms with Gasteiger partial charge in [0.15, 0.2) is 6.10 Å². The fourth-order valence-corrected chi connectivity index (χ4v) is 2.40. The van der Waals surface area contributed by atoms with E-state index in [9.17, 15) is 9.90 Å². The standard InChI is InChI=1S/C18H20O4/c1-12-8-13(2)10-14(9-12)11-17(18(19)20)22-16-6-4-15(21-3)5-7-16/h4-10,17H,11H2,1-3H3,(H,19,20).